The van der Waals surface area contributed by atoms with Gasteiger partial charge >= 0.3 is 5.97 Å². The monoisotopic (exact) mass is 458 g/mol. The number of hydrogen-bond donors (Lipinski definition) is 1. The molecule has 0 fully saturated rings. The van der Waals surface area contributed by atoms with E-state index in [1.54, 1.807) is 35.9 Å². The molecule has 2 heterocycles. The van der Waals surface area contributed by atoms with E-state index in [0.717, 1.165) is 11.1 Å². The Hall–Kier alpha value is -2.84. The summed E-state index contributed by atoms with van der Waals surface area (Å²) in [4.78, 5) is 17.4. The fraction of sp³-hybridized carbons (Fsp3) is 0.227. The highest BCUT2D eigenvalue weighted by Crippen LogP contribution is 2.37. The van der Waals surface area contributed by atoms with Crippen molar-refractivity contribution >= 4 is 35.3 Å². The van der Waals surface area contributed by atoms with Crippen LogP contribution in [0, 0.1) is 5.82 Å². The molecule has 0 radical (unpaired) electrons. The molecule has 1 aliphatic rings. The summed E-state index contributed by atoms with van der Waals surface area (Å²) in [7, 11) is 0. The molecule has 1 aromatic heterocycles. The Morgan fingerprint density at radius 1 is 1.29 bits per heavy atom. The van der Waals surface area contributed by atoms with Gasteiger partial charge in [0.2, 0.25) is 11.1 Å². The van der Waals surface area contributed by atoms with Gasteiger partial charge in [-0.25, -0.2) is 13.9 Å². The molecule has 2 aromatic carbocycles. The Kier molecular flexibility index (Phi) is 6.29. The summed E-state index contributed by atoms with van der Waals surface area (Å²) >= 11 is 7.65. The third-order valence-corrected chi connectivity index (χ3v) is 5.92. The quantitative estimate of drug-likeness (QED) is 0.403. The minimum absolute atomic E-state index is 0.265. The van der Waals surface area contributed by atoms with Gasteiger partial charge in [0, 0.05) is 16.5 Å². The van der Waals surface area contributed by atoms with E-state index in [4.69, 9.17) is 16.3 Å². The van der Waals surface area contributed by atoms with Gasteiger partial charge in [0.05, 0.1) is 12.2 Å². The molecule has 6 nitrogen and oxygen atoms in total. The molecule has 9 heteroatoms. The molecule has 1 atom stereocenters. The highest BCUT2D eigenvalue weighted by atomic mass is 35.5. The number of benzene rings is 2. The lowest BCUT2D eigenvalue weighted by atomic mass is 9.96. The fourth-order valence-electron chi connectivity index (χ4n) is 3.38. The van der Waals surface area contributed by atoms with E-state index in [9.17, 15) is 9.18 Å². The van der Waals surface area contributed by atoms with E-state index >= 15 is 0 Å². The maximum absolute atomic E-state index is 13.1. The molecule has 0 spiro atoms. The van der Waals surface area contributed by atoms with E-state index in [0.29, 0.717) is 33.2 Å². The molecule has 1 unspecified atom stereocenters. The zero-order chi connectivity index (χ0) is 22.0. The van der Waals surface area contributed by atoms with Gasteiger partial charge in [0.15, 0.2) is 0 Å². The molecular formula is C22H20ClFN4O2S. The first-order chi connectivity index (χ1) is 15.0. The summed E-state index contributed by atoms with van der Waals surface area (Å²) in [5.41, 5.74) is 2.87. The Labute approximate surface area is 188 Å². The molecule has 1 aliphatic heterocycles. The van der Waals surface area contributed by atoms with E-state index in [-0.39, 0.29) is 12.4 Å². The van der Waals surface area contributed by atoms with Gasteiger partial charge < -0.3 is 10.1 Å². The minimum Gasteiger partial charge on any atom is -0.463 e. The lowest BCUT2D eigenvalue weighted by Crippen LogP contribution is -2.29. The second kappa shape index (κ2) is 9.11. The number of ether oxygens (including phenoxy) is 1. The van der Waals surface area contributed by atoms with E-state index in [1.165, 1.54) is 23.9 Å². The second-order valence-corrected chi connectivity index (χ2v) is 8.30. The van der Waals surface area contributed by atoms with Gasteiger partial charge in [-0.2, -0.15) is 4.98 Å². The number of thioether (sulfide) groups is 1. The number of allylic oxidation sites excluding steroid dienone is 1. The number of rotatable bonds is 6. The number of carbonyl (C=O) groups is 1. The van der Waals surface area contributed by atoms with Crippen LogP contribution in [-0.2, 0) is 15.3 Å². The molecule has 3 aromatic rings. The number of nitrogens with one attached hydrogen (secondary N) is 1. The van der Waals surface area contributed by atoms with Crippen molar-refractivity contribution in [3.63, 3.8) is 0 Å². The average Bonchev–Trinajstić information content (AvgIpc) is 3.14. The first-order valence-electron chi connectivity index (χ1n) is 9.70. The van der Waals surface area contributed by atoms with Crippen LogP contribution >= 0.6 is 23.4 Å². The zero-order valence-corrected chi connectivity index (χ0v) is 18.5. The smallest absolute Gasteiger partial charge is 0.338 e. The van der Waals surface area contributed by atoms with Crippen molar-refractivity contribution in [2.24, 2.45) is 0 Å². The lowest BCUT2D eigenvalue weighted by Gasteiger charge is -2.28. The Balaban J connectivity index is 1.69. The van der Waals surface area contributed by atoms with Crippen molar-refractivity contribution in [3.8, 4) is 0 Å². The van der Waals surface area contributed by atoms with Crippen molar-refractivity contribution in [2.75, 3.05) is 11.9 Å². The lowest BCUT2D eigenvalue weighted by molar-refractivity contribution is -0.139. The number of anilines is 1. The predicted molar refractivity (Wildman–Crippen MR) is 119 cm³/mol. The van der Waals surface area contributed by atoms with Crippen molar-refractivity contribution < 1.29 is 13.9 Å². The number of halogens is 2. The van der Waals surface area contributed by atoms with Crippen LogP contribution in [0.5, 0.6) is 0 Å². The van der Waals surface area contributed by atoms with Crippen LogP contribution in [0.3, 0.4) is 0 Å². The van der Waals surface area contributed by atoms with Crippen LogP contribution in [-0.4, -0.2) is 27.3 Å². The predicted octanol–water partition coefficient (Wildman–Crippen LogP) is 5.21. The number of carbonyl (C=O) groups excluding carboxylic acids is 1. The van der Waals surface area contributed by atoms with Crippen LogP contribution in [0.25, 0.3) is 0 Å². The standard InChI is InChI=1S/C22H20ClFN4O2S/c1-3-30-20(29)18-13(2)25-21-26-22(31-12-14-7-9-17(24)10-8-14)27-28(21)19(18)15-5-4-6-16(23)11-15/h4-11,19H,3,12H2,1-2H3,(H,25,26,27). The number of fused-ring (bicyclic) bond motifs is 1. The molecule has 0 saturated carbocycles. The van der Waals surface area contributed by atoms with Crippen LogP contribution in [0.4, 0.5) is 10.3 Å². The third-order valence-electron chi connectivity index (χ3n) is 4.77. The highest BCUT2D eigenvalue weighted by molar-refractivity contribution is 7.98. The SMILES string of the molecule is CCOC(=O)C1=C(C)Nc2nc(SCc3ccc(F)cc3)nn2C1c1cccc(Cl)c1. The summed E-state index contributed by atoms with van der Waals surface area (Å²) in [5.74, 6) is 0.421. The molecule has 0 aliphatic carbocycles. The Morgan fingerprint density at radius 3 is 2.77 bits per heavy atom. The summed E-state index contributed by atoms with van der Waals surface area (Å²) in [5, 5.41) is 8.91. The van der Waals surface area contributed by atoms with Crippen molar-refractivity contribution in [3.05, 3.63) is 81.8 Å². The molecule has 0 bridgehead atoms. The average molecular weight is 459 g/mol. The molecule has 160 valence electrons. The summed E-state index contributed by atoms with van der Waals surface area (Å²) in [6, 6.07) is 13.1. The maximum Gasteiger partial charge on any atom is 0.338 e. The first kappa shape index (κ1) is 21.4. The largest absolute Gasteiger partial charge is 0.463 e. The van der Waals surface area contributed by atoms with E-state index in [1.807, 2.05) is 19.1 Å². The van der Waals surface area contributed by atoms with Gasteiger partial charge in [0.25, 0.3) is 0 Å². The number of esters is 1. The first-order valence-corrected chi connectivity index (χ1v) is 11.1. The molecular weight excluding hydrogens is 439 g/mol. The molecule has 31 heavy (non-hydrogen) atoms. The minimum atomic E-state index is -0.526. The van der Waals surface area contributed by atoms with Crippen LogP contribution in [0.1, 0.15) is 31.0 Å². The Morgan fingerprint density at radius 2 is 2.06 bits per heavy atom. The van der Waals surface area contributed by atoms with Crippen molar-refractivity contribution in [1.82, 2.24) is 14.8 Å². The molecule has 4 rings (SSSR count). The number of nitrogens with zero attached hydrogens (tertiary/aromatic N) is 3. The summed E-state index contributed by atoms with van der Waals surface area (Å²) in [6.07, 6.45) is 0. The third kappa shape index (κ3) is 4.60. The van der Waals surface area contributed by atoms with Gasteiger partial charge in [-0.3, -0.25) is 0 Å². The van der Waals surface area contributed by atoms with Crippen LogP contribution in [0.15, 0.2) is 65.0 Å². The molecule has 0 saturated heterocycles. The van der Waals surface area contributed by atoms with Crippen LogP contribution < -0.4 is 5.32 Å². The number of hydrogen-bond acceptors (Lipinski definition) is 6. The summed E-state index contributed by atoms with van der Waals surface area (Å²) in [6.45, 7) is 3.84. The van der Waals surface area contributed by atoms with E-state index < -0.39 is 12.0 Å². The van der Waals surface area contributed by atoms with Crippen molar-refractivity contribution in [1.29, 1.82) is 0 Å². The Bertz CT molecular complexity index is 1150. The molecule has 1 N–H and O–H groups in total. The second-order valence-electron chi connectivity index (χ2n) is 6.92. The maximum atomic E-state index is 13.1. The van der Waals surface area contributed by atoms with Gasteiger partial charge in [-0.15, -0.1) is 5.10 Å². The normalized spacial score (nSPS) is 15.4. The van der Waals surface area contributed by atoms with Gasteiger partial charge in [-0.1, -0.05) is 47.6 Å². The van der Waals surface area contributed by atoms with Crippen LogP contribution in [0.2, 0.25) is 5.02 Å². The van der Waals surface area contributed by atoms with E-state index in [2.05, 4.69) is 15.4 Å². The van der Waals surface area contributed by atoms with Gasteiger partial charge in [-0.05, 0) is 49.2 Å². The topological polar surface area (TPSA) is 69.0 Å². The summed E-state index contributed by atoms with van der Waals surface area (Å²) < 4.78 is 20.1. The zero-order valence-electron chi connectivity index (χ0n) is 16.9. The highest BCUT2D eigenvalue weighted by Gasteiger charge is 2.35. The molecule has 0 amide bonds. The fourth-order valence-corrected chi connectivity index (χ4v) is 4.36. The van der Waals surface area contributed by atoms with Crippen molar-refractivity contribution in [2.45, 2.75) is 30.8 Å². The van der Waals surface area contributed by atoms with Gasteiger partial charge in [0.1, 0.15) is 11.9 Å². The number of aromatic nitrogens is 3.